The summed E-state index contributed by atoms with van der Waals surface area (Å²) in [6.45, 7) is 1.56. The Labute approximate surface area is 58.1 Å². The topological polar surface area (TPSA) is 46.2 Å². The molecule has 0 saturated carbocycles. The van der Waals surface area contributed by atoms with Gasteiger partial charge in [0.05, 0.1) is 0 Å². The Bertz CT molecular complexity index is 237. The molecule has 54 valence electrons. The maximum absolute atomic E-state index is 12.6. The Morgan fingerprint density at radius 2 is 2.10 bits per heavy atom. The van der Waals surface area contributed by atoms with Crippen LogP contribution in [-0.2, 0) is 0 Å². The maximum atomic E-state index is 12.6. The summed E-state index contributed by atoms with van der Waals surface area (Å²) in [5.74, 6) is -0.613. The van der Waals surface area contributed by atoms with Crippen LogP contribution in [-0.4, -0.2) is 5.11 Å². The first-order valence-electron chi connectivity index (χ1n) is 2.86. The first-order valence-corrected chi connectivity index (χ1v) is 2.86. The smallest absolute Gasteiger partial charge is 0.131 e. The summed E-state index contributed by atoms with van der Waals surface area (Å²) in [6.07, 6.45) is 0. The largest absolute Gasteiger partial charge is 0.508 e. The highest BCUT2D eigenvalue weighted by Crippen LogP contribution is 2.20. The van der Waals surface area contributed by atoms with Crippen molar-refractivity contribution in [1.82, 2.24) is 0 Å². The van der Waals surface area contributed by atoms with Crippen molar-refractivity contribution in [1.29, 1.82) is 0 Å². The summed E-state index contributed by atoms with van der Waals surface area (Å²) in [4.78, 5) is 0. The van der Waals surface area contributed by atoms with E-state index in [1.807, 2.05) is 0 Å². The number of hydrogen-bond donors (Lipinski definition) is 2. The Kier molecular flexibility index (Phi) is 1.49. The molecule has 0 radical (unpaired) electrons. The Morgan fingerprint density at radius 1 is 1.50 bits per heavy atom. The Balaban J connectivity index is 3.31. The van der Waals surface area contributed by atoms with Crippen molar-refractivity contribution >= 4 is 5.69 Å². The van der Waals surface area contributed by atoms with Crippen molar-refractivity contribution in [3.63, 3.8) is 0 Å². The van der Waals surface area contributed by atoms with E-state index >= 15 is 0 Å². The zero-order valence-corrected chi connectivity index (χ0v) is 5.56. The molecule has 1 aromatic carbocycles. The monoisotopic (exact) mass is 141 g/mol. The molecule has 0 aliphatic rings. The van der Waals surface area contributed by atoms with Crippen LogP contribution in [0.5, 0.6) is 5.75 Å². The molecule has 0 aliphatic carbocycles. The third-order valence-electron chi connectivity index (χ3n) is 1.37. The molecule has 0 unspecified atom stereocenters. The van der Waals surface area contributed by atoms with Crippen LogP contribution in [0.1, 0.15) is 5.56 Å². The van der Waals surface area contributed by atoms with Crippen molar-refractivity contribution in [3.8, 4) is 5.75 Å². The first kappa shape index (κ1) is 6.86. The molecule has 0 atom stereocenters. The Morgan fingerprint density at radius 3 is 2.60 bits per heavy atom. The molecule has 2 nitrogen and oxygen atoms in total. The number of benzene rings is 1. The molecule has 1 aromatic rings. The lowest BCUT2D eigenvalue weighted by molar-refractivity contribution is 0.469. The highest BCUT2D eigenvalue weighted by molar-refractivity contribution is 5.50. The van der Waals surface area contributed by atoms with Crippen LogP contribution in [0.3, 0.4) is 0 Å². The summed E-state index contributed by atoms with van der Waals surface area (Å²) in [5, 5.41) is 8.80. The molecule has 10 heavy (non-hydrogen) atoms. The van der Waals surface area contributed by atoms with E-state index in [0.717, 1.165) is 6.07 Å². The normalized spacial score (nSPS) is 9.80. The van der Waals surface area contributed by atoms with Gasteiger partial charge >= 0.3 is 0 Å². The number of nitrogens with two attached hydrogens (primary N) is 1. The lowest BCUT2D eigenvalue weighted by atomic mass is 10.2. The van der Waals surface area contributed by atoms with Crippen molar-refractivity contribution in [3.05, 3.63) is 23.5 Å². The van der Waals surface area contributed by atoms with E-state index in [1.54, 1.807) is 6.92 Å². The van der Waals surface area contributed by atoms with Crippen LogP contribution in [0.15, 0.2) is 12.1 Å². The fourth-order valence-electron chi connectivity index (χ4n) is 0.685. The van der Waals surface area contributed by atoms with Gasteiger partial charge in [0.25, 0.3) is 0 Å². The van der Waals surface area contributed by atoms with Crippen molar-refractivity contribution in [2.24, 2.45) is 0 Å². The van der Waals surface area contributed by atoms with Gasteiger partial charge in [0, 0.05) is 23.4 Å². The maximum Gasteiger partial charge on any atom is 0.131 e. The molecule has 0 aromatic heterocycles. The van der Waals surface area contributed by atoms with Crippen molar-refractivity contribution < 1.29 is 9.50 Å². The van der Waals surface area contributed by atoms with Crippen LogP contribution in [0.4, 0.5) is 10.1 Å². The van der Waals surface area contributed by atoms with Gasteiger partial charge in [-0.05, 0) is 6.92 Å². The molecule has 3 N–H and O–H groups in total. The van der Waals surface area contributed by atoms with Gasteiger partial charge in [0.1, 0.15) is 11.6 Å². The second kappa shape index (κ2) is 2.17. The van der Waals surface area contributed by atoms with Crippen LogP contribution in [0.2, 0.25) is 0 Å². The van der Waals surface area contributed by atoms with Gasteiger partial charge < -0.3 is 10.8 Å². The third-order valence-corrected chi connectivity index (χ3v) is 1.37. The van der Waals surface area contributed by atoms with Crippen LogP contribution in [0, 0.1) is 12.7 Å². The van der Waals surface area contributed by atoms with Gasteiger partial charge in [-0.3, -0.25) is 0 Å². The SMILES string of the molecule is Cc1c(N)cc(O)cc1F. The van der Waals surface area contributed by atoms with Gasteiger partial charge in [0.2, 0.25) is 0 Å². The van der Waals surface area contributed by atoms with E-state index in [9.17, 15) is 4.39 Å². The van der Waals surface area contributed by atoms with E-state index in [2.05, 4.69) is 0 Å². The number of aromatic hydroxyl groups is 1. The highest BCUT2D eigenvalue weighted by Gasteiger charge is 2.01. The molecule has 0 bridgehead atoms. The van der Waals surface area contributed by atoms with Gasteiger partial charge in [-0.1, -0.05) is 0 Å². The summed E-state index contributed by atoms with van der Waals surface area (Å²) in [5.41, 5.74) is 5.97. The van der Waals surface area contributed by atoms with E-state index in [4.69, 9.17) is 10.8 Å². The fourth-order valence-corrected chi connectivity index (χ4v) is 0.685. The number of phenolic OH excluding ortho intramolecular Hbond substituents is 1. The number of nitrogen functional groups attached to an aromatic ring is 1. The zero-order valence-electron chi connectivity index (χ0n) is 5.56. The summed E-state index contributed by atoms with van der Waals surface area (Å²) >= 11 is 0. The summed E-state index contributed by atoms with van der Waals surface area (Å²) in [7, 11) is 0. The highest BCUT2D eigenvalue weighted by atomic mass is 19.1. The molecule has 0 saturated heterocycles. The lowest BCUT2D eigenvalue weighted by Crippen LogP contribution is -1.91. The number of phenols is 1. The third kappa shape index (κ3) is 1.03. The average Bonchev–Trinajstić information content (AvgIpc) is 1.82. The van der Waals surface area contributed by atoms with Crippen molar-refractivity contribution in [2.45, 2.75) is 6.92 Å². The van der Waals surface area contributed by atoms with Crippen LogP contribution < -0.4 is 5.73 Å². The summed E-state index contributed by atoms with van der Waals surface area (Å²) < 4.78 is 12.6. The standard InChI is InChI=1S/C7H8FNO/c1-4-6(8)2-5(10)3-7(4)9/h2-3,10H,9H2,1H3. The fraction of sp³-hybridized carbons (Fsp3) is 0.143. The molecule has 0 fully saturated rings. The van der Waals surface area contributed by atoms with E-state index in [-0.39, 0.29) is 11.4 Å². The van der Waals surface area contributed by atoms with Crippen LogP contribution in [0.25, 0.3) is 0 Å². The Hall–Kier alpha value is -1.25. The van der Waals surface area contributed by atoms with Gasteiger partial charge in [-0.25, -0.2) is 4.39 Å². The van der Waals surface area contributed by atoms with E-state index in [0.29, 0.717) is 5.56 Å². The number of anilines is 1. The lowest BCUT2D eigenvalue weighted by Gasteiger charge is -2.00. The van der Waals surface area contributed by atoms with E-state index in [1.165, 1.54) is 6.07 Å². The molecule has 3 heteroatoms. The van der Waals surface area contributed by atoms with Gasteiger partial charge in [-0.2, -0.15) is 0 Å². The second-order valence-electron chi connectivity index (χ2n) is 2.14. The molecule has 0 heterocycles. The molecular formula is C7H8FNO. The molecular weight excluding hydrogens is 133 g/mol. The molecule has 0 spiro atoms. The van der Waals surface area contributed by atoms with Crippen LogP contribution >= 0.6 is 0 Å². The van der Waals surface area contributed by atoms with Crippen molar-refractivity contribution in [2.75, 3.05) is 5.73 Å². The minimum absolute atomic E-state index is 0.138. The minimum atomic E-state index is -0.475. The quantitative estimate of drug-likeness (QED) is 0.537. The first-order chi connectivity index (χ1) is 4.61. The average molecular weight is 141 g/mol. The molecule has 0 amide bonds. The van der Waals surface area contributed by atoms with E-state index < -0.39 is 5.82 Å². The number of rotatable bonds is 0. The number of hydrogen-bond acceptors (Lipinski definition) is 2. The predicted octanol–water partition coefficient (Wildman–Crippen LogP) is 1.42. The van der Waals surface area contributed by atoms with Gasteiger partial charge in [-0.15, -0.1) is 0 Å². The number of halogens is 1. The second-order valence-corrected chi connectivity index (χ2v) is 2.14. The predicted molar refractivity (Wildman–Crippen MR) is 37.2 cm³/mol. The molecule has 1 rings (SSSR count). The molecule has 0 aliphatic heterocycles. The van der Waals surface area contributed by atoms with Gasteiger partial charge in [0.15, 0.2) is 0 Å². The minimum Gasteiger partial charge on any atom is -0.508 e. The zero-order chi connectivity index (χ0) is 7.72. The summed E-state index contributed by atoms with van der Waals surface area (Å²) in [6, 6.07) is 2.35.